The number of hydrogen-bond donors (Lipinski definition) is 1. The molecule has 1 heterocycles. The molecule has 2 aromatic rings. The summed E-state index contributed by atoms with van der Waals surface area (Å²) in [6.07, 6.45) is -0.490. The van der Waals surface area contributed by atoms with Crippen LogP contribution in [0.4, 0.5) is 0 Å². The summed E-state index contributed by atoms with van der Waals surface area (Å²) in [5, 5.41) is 14.2. The van der Waals surface area contributed by atoms with E-state index in [2.05, 4.69) is 21.0 Å². The third-order valence-corrected chi connectivity index (χ3v) is 3.77. The average Bonchev–Trinajstić information content (AvgIpc) is 2.67. The number of aliphatic hydroxyl groups excluding tert-OH is 1. The number of rotatable bonds is 5. The Hall–Kier alpha value is -1.33. The summed E-state index contributed by atoms with van der Waals surface area (Å²) in [5.74, 6) is 0.838. The van der Waals surface area contributed by atoms with Crippen LogP contribution in [0.2, 0.25) is 0 Å². The first-order chi connectivity index (χ1) is 9.49. The summed E-state index contributed by atoms with van der Waals surface area (Å²) in [6, 6.07) is 7.74. The van der Waals surface area contributed by atoms with Crippen molar-refractivity contribution in [2.45, 2.75) is 33.4 Å². The average molecular weight is 339 g/mol. The third kappa shape index (κ3) is 3.41. The number of nitrogens with zero attached hydrogens (tertiary/aromatic N) is 2. The molecule has 5 heteroatoms. The fourth-order valence-corrected chi connectivity index (χ4v) is 2.58. The van der Waals surface area contributed by atoms with E-state index < -0.39 is 6.10 Å². The van der Waals surface area contributed by atoms with Crippen molar-refractivity contribution < 1.29 is 9.84 Å². The van der Waals surface area contributed by atoms with E-state index in [1.807, 2.05) is 42.8 Å². The predicted molar refractivity (Wildman–Crippen MR) is 82.0 cm³/mol. The first-order valence-corrected chi connectivity index (χ1v) is 7.38. The molecule has 1 N–H and O–H groups in total. The number of halogens is 1. The summed E-state index contributed by atoms with van der Waals surface area (Å²) in [7, 11) is 0. The zero-order valence-electron chi connectivity index (χ0n) is 11.9. The number of aromatic nitrogens is 2. The van der Waals surface area contributed by atoms with Crippen LogP contribution in [-0.4, -0.2) is 21.5 Å². The van der Waals surface area contributed by atoms with Gasteiger partial charge in [-0.05, 0) is 45.0 Å². The summed E-state index contributed by atoms with van der Waals surface area (Å²) < 4.78 is 8.60. The molecule has 0 saturated heterocycles. The van der Waals surface area contributed by atoms with E-state index in [4.69, 9.17) is 4.74 Å². The van der Waals surface area contributed by atoms with Crippen LogP contribution in [0.3, 0.4) is 0 Å². The van der Waals surface area contributed by atoms with E-state index in [0.717, 1.165) is 27.2 Å². The predicted octanol–water partition coefficient (Wildman–Crippen LogP) is 3.39. The second-order valence-corrected chi connectivity index (χ2v) is 5.70. The van der Waals surface area contributed by atoms with Gasteiger partial charge in [0, 0.05) is 15.7 Å². The molecule has 1 aromatic heterocycles. The molecule has 1 aromatic carbocycles. The van der Waals surface area contributed by atoms with E-state index >= 15 is 0 Å². The second-order valence-electron chi connectivity index (χ2n) is 4.79. The van der Waals surface area contributed by atoms with Crippen molar-refractivity contribution in [3.63, 3.8) is 0 Å². The normalized spacial score (nSPS) is 12.4. The van der Waals surface area contributed by atoms with Gasteiger partial charge in [-0.1, -0.05) is 15.9 Å². The Morgan fingerprint density at radius 2 is 1.95 bits per heavy atom. The molecule has 1 atom stereocenters. The van der Waals surface area contributed by atoms with Gasteiger partial charge in [0.2, 0.25) is 0 Å². The smallest absolute Gasteiger partial charge is 0.119 e. The van der Waals surface area contributed by atoms with E-state index in [1.165, 1.54) is 0 Å². The van der Waals surface area contributed by atoms with Crippen LogP contribution >= 0.6 is 15.9 Å². The van der Waals surface area contributed by atoms with Crippen molar-refractivity contribution in [2.75, 3.05) is 6.61 Å². The maximum atomic E-state index is 9.74. The van der Waals surface area contributed by atoms with Crippen molar-refractivity contribution >= 4 is 15.9 Å². The van der Waals surface area contributed by atoms with Crippen LogP contribution in [0.25, 0.3) is 0 Å². The fraction of sp³-hybridized carbons (Fsp3) is 0.400. The monoisotopic (exact) mass is 338 g/mol. The lowest BCUT2D eigenvalue weighted by Gasteiger charge is -2.09. The van der Waals surface area contributed by atoms with Crippen LogP contribution in [-0.2, 0) is 6.54 Å². The van der Waals surface area contributed by atoms with Crippen LogP contribution in [0, 0.1) is 13.8 Å². The van der Waals surface area contributed by atoms with Gasteiger partial charge in [0.1, 0.15) is 12.4 Å². The fourth-order valence-electron chi connectivity index (χ4n) is 2.31. The van der Waals surface area contributed by atoms with Gasteiger partial charge in [0.15, 0.2) is 0 Å². The Balaban J connectivity index is 1.98. The number of hydrogen-bond acceptors (Lipinski definition) is 3. The molecule has 0 saturated carbocycles. The lowest BCUT2D eigenvalue weighted by atomic mass is 10.1. The van der Waals surface area contributed by atoms with E-state index in [-0.39, 0.29) is 0 Å². The number of ether oxygens (including phenoxy) is 1. The van der Waals surface area contributed by atoms with Gasteiger partial charge >= 0.3 is 0 Å². The minimum atomic E-state index is -0.490. The molecule has 0 aliphatic carbocycles. The van der Waals surface area contributed by atoms with Crippen molar-refractivity contribution in [2.24, 2.45) is 0 Å². The minimum Gasteiger partial charge on any atom is -0.492 e. The summed E-state index contributed by atoms with van der Waals surface area (Å²) in [5.41, 5.74) is 2.78. The molecular weight excluding hydrogens is 320 g/mol. The summed E-state index contributed by atoms with van der Waals surface area (Å²) in [4.78, 5) is 0. The second kappa shape index (κ2) is 6.41. The number of aryl methyl sites for hydroxylation is 1. The number of aliphatic hydroxyl groups is 1. The van der Waals surface area contributed by atoms with Crippen LogP contribution in [0.1, 0.15) is 30.0 Å². The molecule has 0 fully saturated rings. The van der Waals surface area contributed by atoms with Crippen molar-refractivity contribution in [3.8, 4) is 5.75 Å². The van der Waals surface area contributed by atoms with Crippen LogP contribution < -0.4 is 4.74 Å². The third-order valence-electron chi connectivity index (χ3n) is 3.24. The molecule has 0 spiro atoms. The van der Waals surface area contributed by atoms with E-state index in [1.54, 1.807) is 6.92 Å². The maximum Gasteiger partial charge on any atom is 0.119 e. The largest absolute Gasteiger partial charge is 0.492 e. The molecule has 2 rings (SSSR count). The Kier molecular flexibility index (Phi) is 4.83. The Morgan fingerprint density at radius 3 is 2.50 bits per heavy atom. The highest BCUT2D eigenvalue weighted by atomic mass is 79.9. The zero-order valence-corrected chi connectivity index (χ0v) is 13.5. The highest BCUT2D eigenvalue weighted by Crippen LogP contribution is 2.21. The van der Waals surface area contributed by atoms with Gasteiger partial charge in [-0.3, -0.25) is 4.68 Å². The highest BCUT2D eigenvalue weighted by Gasteiger charge is 2.15. The molecule has 0 radical (unpaired) electrons. The maximum absolute atomic E-state index is 9.74. The Labute approximate surface area is 127 Å². The molecule has 0 aliphatic heterocycles. The lowest BCUT2D eigenvalue weighted by molar-refractivity contribution is 0.197. The van der Waals surface area contributed by atoms with Gasteiger partial charge in [0.05, 0.1) is 18.3 Å². The van der Waals surface area contributed by atoms with Gasteiger partial charge in [-0.2, -0.15) is 5.10 Å². The lowest BCUT2D eigenvalue weighted by Crippen LogP contribution is -2.11. The molecule has 1 unspecified atom stereocenters. The summed E-state index contributed by atoms with van der Waals surface area (Å²) >= 11 is 3.39. The first-order valence-electron chi connectivity index (χ1n) is 6.59. The van der Waals surface area contributed by atoms with E-state index in [0.29, 0.717) is 13.2 Å². The standard InChI is InChI=1S/C15H19BrN2O2/c1-10-15(12(3)19)11(2)18(17-10)8-9-20-14-6-4-13(16)5-7-14/h4-7,12,19H,8-9H2,1-3H3. The van der Waals surface area contributed by atoms with Gasteiger partial charge < -0.3 is 9.84 Å². The van der Waals surface area contributed by atoms with Crippen LogP contribution in [0.15, 0.2) is 28.7 Å². The molecule has 4 nitrogen and oxygen atoms in total. The molecule has 108 valence electrons. The molecule has 20 heavy (non-hydrogen) atoms. The summed E-state index contributed by atoms with van der Waals surface area (Å²) in [6.45, 7) is 6.86. The van der Waals surface area contributed by atoms with Crippen molar-refractivity contribution in [1.82, 2.24) is 9.78 Å². The van der Waals surface area contributed by atoms with Crippen LogP contribution in [0.5, 0.6) is 5.75 Å². The zero-order chi connectivity index (χ0) is 14.7. The van der Waals surface area contributed by atoms with Crippen molar-refractivity contribution in [3.05, 3.63) is 45.7 Å². The molecule has 0 aliphatic rings. The number of benzene rings is 1. The van der Waals surface area contributed by atoms with Gasteiger partial charge in [-0.15, -0.1) is 0 Å². The first kappa shape index (κ1) is 15.1. The van der Waals surface area contributed by atoms with Gasteiger partial charge in [0.25, 0.3) is 0 Å². The quantitative estimate of drug-likeness (QED) is 0.908. The highest BCUT2D eigenvalue weighted by molar-refractivity contribution is 9.10. The van der Waals surface area contributed by atoms with Gasteiger partial charge in [-0.25, -0.2) is 0 Å². The van der Waals surface area contributed by atoms with E-state index in [9.17, 15) is 5.11 Å². The minimum absolute atomic E-state index is 0.490. The Morgan fingerprint density at radius 1 is 1.30 bits per heavy atom. The molecule has 0 bridgehead atoms. The molecular formula is C15H19BrN2O2. The Bertz CT molecular complexity index is 576. The SMILES string of the molecule is Cc1nn(CCOc2ccc(Br)cc2)c(C)c1C(C)O. The topological polar surface area (TPSA) is 47.3 Å². The van der Waals surface area contributed by atoms with Crippen molar-refractivity contribution in [1.29, 1.82) is 0 Å². The molecule has 0 amide bonds.